The van der Waals surface area contributed by atoms with Crippen LogP contribution in [0.5, 0.6) is 5.75 Å². The number of thiophene rings is 1. The van der Waals surface area contributed by atoms with Crippen LogP contribution in [0, 0.1) is 0 Å². The van der Waals surface area contributed by atoms with E-state index in [1.54, 1.807) is 23.5 Å². The molecule has 0 radical (unpaired) electrons. The molecule has 2 aromatic rings. The topological polar surface area (TPSA) is 41.6 Å². The highest BCUT2D eigenvalue weighted by Gasteiger charge is 2.23. The Morgan fingerprint density at radius 2 is 2.00 bits per heavy atom. The van der Waals surface area contributed by atoms with Crippen LogP contribution in [0.2, 0.25) is 5.02 Å². The minimum Gasteiger partial charge on any atom is -0.482 e. The van der Waals surface area contributed by atoms with Crippen LogP contribution in [-0.2, 0) is 4.79 Å². The lowest BCUT2D eigenvalue weighted by atomic mass is 10.1. The summed E-state index contributed by atoms with van der Waals surface area (Å²) in [7, 11) is 0. The first-order chi connectivity index (χ1) is 12.2. The summed E-state index contributed by atoms with van der Waals surface area (Å²) in [6.45, 7) is 2.76. The van der Waals surface area contributed by atoms with E-state index >= 15 is 0 Å². The maximum absolute atomic E-state index is 12.2. The number of rotatable bonds is 7. The van der Waals surface area contributed by atoms with Crippen molar-refractivity contribution in [3.05, 3.63) is 51.7 Å². The van der Waals surface area contributed by atoms with Crippen molar-refractivity contribution in [2.24, 2.45) is 0 Å². The van der Waals surface area contributed by atoms with Crippen molar-refractivity contribution in [3.63, 3.8) is 0 Å². The zero-order valence-corrected chi connectivity index (χ0v) is 15.7. The number of nitrogens with one attached hydrogen (secondary N) is 1. The van der Waals surface area contributed by atoms with Gasteiger partial charge in [0.15, 0.2) is 6.61 Å². The van der Waals surface area contributed by atoms with Crippen LogP contribution in [0.1, 0.15) is 30.2 Å². The molecule has 1 aliphatic rings. The van der Waals surface area contributed by atoms with Gasteiger partial charge in [-0.05, 0) is 49.5 Å². The van der Waals surface area contributed by atoms with Gasteiger partial charge in [0.25, 0.3) is 5.91 Å². The number of benzene rings is 1. The van der Waals surface area contributed by atoms with Crippen molar-refractivity contribution in [2.75, 3.05) is 26.2 Å². The molecule has 4 nitrogen and oxygen atoms in total. The Morgan fingerprint density at radius 3 is 2.72 bits per heavy atom. The van der Waals surface area contributed by atoms with Crippen molar-refractivity contribution in [1.82, 2.24) is 10.2 Å². The summed E-state index contributed by atoms with van der Waals surface area (Å²) in [5.41, 5.74) is 0. The summed E-state index contributed by atoms with van der Waals surface area (Å²) in [5.74, 6) is 0.406. The Morgan fingerprint density at radius 1 is 1.20 bits per heavy atom. The predicted molar refractivity (Wildman–Crippen MR) is 102 cm³/mol. The van der Waals surface area contributed by atoms with Crippen LogP contribution in [0.25, 0.3) is 0 Å². The number of likely N-dealkylation sites (tertiary alicyclic amines) is 1. The smallest absolute Gasteiger partial charge is 0.258 e. The highest BCUT2D eigenvalue weighted by atomic mass is 35.5. The number of para-hydroxylation sites is 1. The van der Waals surface area contributed by atoms with Gasteiger partial charge >= 0.3 is 0 Å². The van der Waals surface area contributed by atoms with Crippen molar-refractivity contribution in [3.8, 4) is 5.75 Å². The van der Waals surface area contributed by atoms with Gasteiger partial charge < -0.3 is 10.1 Å². The number of ether oxygens (including phenoxy) is 1. The second kappa shape index (κ2) is 9.22. The van der Waals surface area contributed by atoms with Crippen LogP contribution in [-0.4, -0.2) is 37.0 Å². The molecule has 6 heteroatoms. The minimum absolute atomic E-state index is 0.0269. The fourth-order valence-corrected chi connectivity index (χ4v) is 4.14. The first-order valence-electron chi connectivity index (χ1n) is 8.65. The van der Waals surface area contributed by atoms with E-state index in [9.17, 15) is 4.79 Å². The molecular weight excluding hydrogens is 356 g/mol. The number of amides is 1. The predicted octanol–water partition coefficient (Wildman–Crippen LogP) is 4.12. The van der Waals surface area contributed by atoms with Crippen molar-refractivity contribution >= 4 is 28.8 Å². The van der Waals surface area contributed by atoms with Gasteiger partial charge in [-0.15, -0.1) is 11.3 Å². The van der Waals surface area contributed by atoms with Crippen LogP contribution >= 0.6 is 22.9 Å². The lowest BCUT2D eigenvalue weighted by molar-refractivity contribution is -0.123. The average molecular weight is 379 g/mol. The molecule has 25 heavy (non-hydrogen) atoms. The first-order valence-corrected chi connectivity index (χ1v) is 9.91. The summed E-state index contributed by atoms with van der Waals surface area (Å²) in [4.78, 5) is 16.0. The second-order valence-corrected chi connectivity index (χ2v) is 7.54. The first kappa shape index (κ1) is 18.2. The van der Waals surface area contributed by atoms with Gasteiger partial charge in [0.1, 0.15) is 5.75 Å². The molecule has 1 fully saturated rings. The summed E-state index contributed by atoms with van der Waals surface area (Å²) in [6, 6.07) is 11.6. The Hall–Kier alpha value is -1.56. The number of hydrogen-bond donors (Lipinski definition) is 1. The quantitative estimate of drug-likeness (QED) is 0.787. The van der Waals surface area contributed by atoms with E-state index in [1.807, 2.05) is 12.1 Å². The van der Waals surface area contributed by atoms with E-state index in [1.165, 1.54) is 24.1 Å². The van der Waals surface area contributed by atoms with E-state index in [2.05, 4.69) is 27.7 Å². The largest absolute Gasteiger partial charge is 0.482 e. The zero-order valence-electron chi connectivity index (χ0n) is 14.1. The standard InChI is InChI=1S/C19H23ClN2O2S/c20-15-7-2-3-8-17(15)24-14-19(23)21-13-16(18-9-6-12-25-18)22-10-4-1-5-11-22/h2-3,6-9,12,16H,1,4-5,10-11,13-14H2,(H,21,23). The summed E-state index contributed by atoms with van der Waals surface area (Å²) in [6.07, 6.45) is 3.75. The van der Waals surface area contributed by atoms with E-state index in [-0.39, 0.29) is 18.6 Å². The lowest BCUT2D eigenvalue weighted by Gasteiger charge is -2.34. The fourth-order valence-electron chi connectivity index (χ4n) is 3.09. The highest BCUT2D eigenvalue weighted by Crippen LogP contribution is 2.27. The molecule has 1 unspecified atom stereocenters. The molecule has 1 aromatic carbocycles. The molecule has 0 saturated carbocycles. The lowest BCUT2D eigenvalue weighted by Crippen LogP contribution is -2.41. The second-order valence-electron chi connectivity index (χ2n) is 6.15. The molecule has 0 bridgehead atoms. The summed E-state index contributed by atoms with van der Waals surface area (Å²) < 4.78 is 5.51. The molecule has 1 N–H and O–H groups in total. The van der Waals surface area contributed by atoms with Crippen LogP contribution < -0.4 is 10.1 Å². The number of hydrogen-bond acceptors (Lipinski definition) is 4. The number of carbonyl (C=O) groups is 1. The van der Waals surface area contributed by atoms with Gasteiger partial charge in [0.2, 0.25) is 0 Å². The SMILES string of the molecule is O=C(COc1ccccc1Cl)NCC(c1cccs1)N1CCCCC1. The fraction of sp³-hybridized carbons (Fsp3) is 0.421. The van der Waals surface area contributed by atoms with Crippen LogP contribution in [0.15, 0.2) is 41.8 Å². The molecule has 1 saturated heterocycles. The molecule has 1 amide bonds. The highest BCUT2D eigenvalue weighted by molar-refractivity contribution is 7.10. The Balaban J connectivity index is 1.53. The number of halogens is 1. The monoisotopic (exact) mass is 378 g/mol. The molecule has 1 aliphatic heterocycles. The molecule has 2 heterocycles. The van der Waals surface area contributed by atoms with E-state index in [4.69, 9.17) is 16.3 Å². The zero-order chi connectivity index (χ0) is 17.5. The van der Waals surface area contributed by atoms with Gasteiger partial charge in [-0.25, -0.2) is 0 Å². The van der Waals surface area contributed by atoms with E-state index in [0.717, 1.165) is 13.1 Å². The maximum Gasteiger partial charge on any atom is 0.258 e. The van der Waals surface area contributed by atoms with E-state index < -0.39 is 0 Å². The normalized spacial score (nSPS) is 16.4. The third kappa shape index (κ3) is 5.21. The van der Waals surface area contributed by atoms with Gasteiger partial charge in [-0.1, -0.05) is 36.2 Å². The van der Waals surface area contributed by atoms with Crippen LogP contribution in [0.3, 0.4) is 0 Å². The Labute approximate surface area is 157 Å². The van der Waals surface area contributed by atoms with Crippen molar-refractivity contribution in [2.45, 2.75) is 25.3 Å². The minimum atomic E-state index is -0.126. The van der Waals surface area contributed by atoms with Gasteiger partial charge in [-0.3, -0.25) is 9.69 Å². The Kier molecular flexibility index (Phi) is 6.73. The third-order valence-electron chi connectivity index (χ3n) is 4.39. The van der Waals surface area contributed by atoms with Crippen molar-refractivity contribution in [1.29, 1.82) is 0 Å². The number of nitrogens with zero attached hydrogens (tertiary/aromatic N) is 1. The number of piperidine rings is 1. The molecule has 1 aromatic heterocycles. The number of carbonyl (C=O) groups excluding carboxylic acids is 1. The molecule has 1 atom stereocenters. The Bertz CT molecular complexity index is 672. The maximum atomic E-state index is 12.2. The third-order valence-corrected chi connectivity index (χ3v) is 5.68. The van der Waals surface area contributed by atoms with Gasteiger partial charge in [0, 0.05) is 11.4 Å². The molecular formula is C19H23ClN2O2S. The van der Waals surface area contributed by atoms with E-state index in [0.29, 0.717) is 17.3 Å². The molecule has 134 valence electrons. The summed E-state index contributed by atoms with van der Waals surface area (Å²) >= 11 is 7.79. The molecule has 0 spiro atoms. The molecule has 3 rings (SSSR count). The van der Waals surface area contributed by atoms with Gasteiger partial charge in [0.05, 0.1) is 11.1 Å². The van der Waals surface area contributed by atoms with Crippen molar-refractivity contribution < 1.29 is 9.53 Å². The van der Waals surface area contributed by atoms with Crippen LogP contribution in [0.4, 0.5) is 0 Å². The molecule has 0 aliphatic carbocycles. The van der Waals surface area contributed by atoms with Gasteiger partial charge in [-0.2, -0.15) is 0 Å². The summed E-state index contributed by atoms with van der Waals surface area (Å²) in [5, 5.41) is 5.62. The average Bonchev–Trinajstić information content (AvgIpc) is 3.16.